The third kappa shape index (κ3) is 5.52. The monoisotopic (exact) mass is 494 g/mol. The van der Waals surface area contributed by atoms with Crippen molar-refractivity contribution >= 4 is 34.3 Å². The van der Waals surface area contributed by atoms with Crippen molar-refractivity contribution < 1.29 is 24.2 Å². The van der Waals surface area contributed by atoms with Crippen molar-refractivity contribution in [1.82, 2.24) is 9.55 Å². The lowest BCUT2D eigenvalue weighted by Gasteiger charge is -2.27. The molecule has 4 rings (SSSR count). The van der Waals surface area contributed by atoms with Crippen LogP contribution in [0, 0.1) is 0 Å². The van der Waals surface area contributed by atoms with Gasteiger partial charge in [0.05, 0.1) is 36.3 Å². The Morgan fingerprint density at radius 2 is 2.06 bits per heavy atom. The number of hydrogen-bond donors (Lipinski definition) is 3. The van der Waals surface area contributed by atoms with Crippen LogP contribution in [0.25, 0.3) is 11.0 Å². The van der Waals surface area contributed by atoms with Gasteiger partial charge >= 0.3 is 5.97 Å². The third-order valence-corrected chi connectivity index (χ3v) is 6.66. The summed E-state index contributed by atoms with van der Waals surface area (Å²) in [6.07, 6.45) is 3.19. The van der Waals surface area contributed by atoms with Crippen molar-refractivity contribution in [3.05, 3.63) is 53.9 Å². The molecule has 9 heteroatoms. The molecule has 1 aliphatic rings. The van der Waals surface area contributed by atoms with E-state index in [1.165, 1.54) is 7.11 Å². The second-order valence-electron chi connectivity index (χ2n) is 9.71. The summed E-state index contributed by atoms with van der Waals surface area (Å²) in [5, 5.41) is 17.2. The van der Waals surface area contributed by atoms with Crippen LogP contribution in [0.3, 0.4) is 0 Å². The van der Waals surface area contributed by atoms with Gasteiger partial charge in [0.25, 0.3) is 5.91 Å². The molecule has 0 aliphatic carbocycles. The molecule has 3 aromatic rings. The zero-order valence-corrected chi connectivity index (χ0v) is 21.2. The molecule has 1 aromatic carbocycles. The van der Waals surface area contributed by atoms with Crippen molar-refractivity contribution in [2.75, 3.05) is 24.4 Å². The first kappa shape index (κ1) is 25.7. The van der Waals surface area contributed by atoms with Crippen LogP contribution >= 0.6 is 0 Å². The summed E-state index contributed by atoms with van der Waals surface area (Å²) in [5.74, 6) is -0.869. The van der Waals surface area contributed by atoms with E-state index in [0.29, 0.717) is 48.4 Å². The minimum Gasteiger partial charge on any atom is -0.464 e. The summed E-state index contributed by atoms with van der Waals surface area (Å²) >= 11 is 0. The second kappa shape index (κ2) is 10.7. The minimum absolute atomic E-state index is 0.231. The lowest BCUT2D eigenvalue weighted by Crippen LogP contribution is -2.39. The predicted molar refractivity (Wildman–Crippen MR) is 138 cm³/mol. The van der Waals surface area contributed by atoms with E-state index < -0.39 is 17.7 Å². The van der Waals surface area contributed by atoms with Crippen molar-refractivity contribution in [1.29, 1.82) is 0 Å². The number of methoxy groups -OCH3 is 1. The number of benzene rings is 1. The fourth-order valence-electron chi connectivity index (χ4n) is 4.26. The average molecular weight is 495 g/mol. The zero-order chi connectivity index (χ0) is 25.9. The van der Waals surface area contributed by atoms with Crippen LogP contribution < -0.4 is 10.6 Å². The maximum atomic E-state index is 13.0. The Kier molecular flexibility index (Phi) is 7.61. The molecule has 0 spiro atoms. The molecule has 2 unspecified atom stereocenters. The number of nitrogens with zero attached hydrogens (tertiary/aromatic N) is 2. The number of aryl methyl sites for hydroxylation is 2. The average Bonchev–Trinajstić information content (AvgIpc) is 3.49. The van der Waals surface area contributed by atoms with Gasteiger partial charge in [-0.15, -0.1) is 0 Å². The minimum atomic E-state index is -0.968. The number of ether oxygens (including phenoxy) is 2. The van der Waals surface area contributed by atoms with Crippen LogP contribution in [0.2, 0.25) is 0 Å². The van der Waals surface area contributed by atoms with Crippen LogP contribution in [0.1, 0.15) is 49.7 Å². The molecule has 0 radical (unpaired) electrons. The normalized spacial score (nSPS) is 16.6. The maximum absolute atomic E-state index is 13.0. The van der Waals surface area contributed by atoms with Gasteiger partial charge in [0.2, 0.25) is 0 Å². The Balaban J connectivity index is 1.80. The molecule has 0 bridgehead atoms. The summed E-state index contributed by atoms with van der Waals surface area (Å²) in [6, 6.07) is 11.5. The van der Waals surface area contributed by atoms with Gasteiger partial charge in [0.15, 0.2) is 5.69 Å². The number of carbonyl (C=O) groups excluding carboxylic acids is 2. The Morgan fingerprint density at radius 1 is 1.31 bits per heavy atom. The molecule has 1 aliphatic heterocycles. The highest BCUT2D eigenvalue weighted by Crippen LogP contribution is 2.34. The topological polar surface area (TPSA) is 115 Å². The van der Waals surface area contributed by atoms with E-state index in [1.54, 1.807) is 24.6 Å². The summed E-state index contributed by atoms with van der Waals surface area (Å²) in [6.45, 7) is 6.31. The predicted octanol–water partition coefficient (Wildman–Crippen LogP) is 3.75. The van der Waals surface area contributed by atoms with Gasteiger partial charge in [-0.1, -0.05) is 30.3 Å². The summed E-state index contributed by atoms with van der Waals surface area (Å²) in [7, 11) is 1.32. The van der Waals surface area contributed by atoms with E-state index in [-0.39, 0.29) is 17.6 Å². The number of rotatable bonds is 9. The Hall–Kier alpha value is -3.43. The number of nitrogens with one attached hydrogen (secondary N) is 2. The van der Waals surface area contributed by atoms with Gasteiger partial charge in [-0.3, -0.25) is 4.79 Å². The Morgan fingerprint density at radius 3 is 2.69 bits per heavy atom. The summed E-state index contributed by atoms with van der Waals surface area (Å²) in [4.78, 5) is 30.7. The molecule has 192 valence electrons. The highest BCUT2D eigenvalue weighted by Gasteiger charge is 2.30. The van der Waals surface area contributed by atoms with Crippen molar-refractivity contribution in [2.24, 2.45) is 0 Å². The first-order chi connectivity index (χ1) is 17.2. The van der Waals surface area contributed by atoms with Gasteiger partial charge in [-0.2, -0.15) is 0 Å². The van der Waals surface area contributed by atoms with Crippen LogP contribution in [-0.4, -0.2) is 58.0 Å². The highest BCUT2D eigenvalue weighted by atomic mass is 16.5. The van der Waals surface area contributed by atoms with Crippen molar-refractivity contribution in [3.8, 4) is 0 Å². The molecule has 1 amide bonds. The number of amides is 1. The summed E-state index contributed by atoms with van der Waals surface area (Å²) in [5.41, 5.74) is 1.92. The Labute approximate surface area is 210 Å². The van der Waals surface area contributed by atoms with E-state index >= 15 is 0 Å². The lowest BCUT2D eigenvalue weighted by molar-refractivity contribution is -0.124. The molecule has 1 saturated heterocycles. The second-order valence-corrected chi connectivity index (χ2v) is 9.71. The number of pyridine rings is 1. The number of carbonyl (C=O) groups is 2. The highest BCUT2D eigenvalue weighted by molar-refractivity contribution is 6.12. The molecule has 1 fully saturated rings. The quantitative estimate of drug-likeness (QED) is 0.388. The van der Waals surface area contributed by atoms with E-state index in [0.717, 1.165) is 12.0 Å². The molecule has 3 heterocycles. The van der Waals surface area contributed by atoms with Crippen LogP contribution in [0.4, 0.5) is 11.4 Å². The molecular weight excluding hydrogens is 460 g/mol. The third-order valence-electron chi connectivity index (χ3n) is 6.66. The molecular formula is C27H34N4O5. The summed E-state index contributed by atoms with van der Waals surface area (Å²) < 4.78 is 12.5. The standard InChI is InChI=1S/C27H34N4O5/c1-17(27(2,3)34)29-19-15-20-22(30-25(32)21-11-8-14-36-21)23(26(33)35-4)31(24(20)28-16-19)13-12-18-9-6-5-7-10-18/h5-7,9-10,15-17,21,29,34H,8,11-14H2,1-4H3,(H,30,32). The van der Waals surface area contributed by atoms with E-state index in [1.807, 2.05) is 43.3 Å². The van der Waals surface area contributed by atoms with E-state index in [4.69, 9.17) is 9.47 Å². The van der Waals surface area contributed by atoms with Gasteiger partial charge in [-0.25, -0.2) is 9.78 Å². The van der Waals surface area contributed by atoms with Crippen molar-refractivity contribution in [3.63, 3.8) is 0 Å². The number of aliphatic hydroxyl groups is 1. The fourth-order valence-corrected chi connectivity index (χ4v) is 4.26. The van der Waals surface area contributed by atoms with Crippen LogP contribution in [0.15, 0.2) is 42.6 Å². The maximum Gasteiger partial charge on any atom is 0.356 e. The van der Waals surface area contributed by atoms with Crippen LogP contribution in [0.5, 0.6) is 0 Å². The first-order valence-electron chi connectivity index (χ1n) is 12.2. The number of aromatic nitrogens is 2. The van der Waals surface area contributed by atoms with Crippen LogP contribution in [-0.2, 0) is 27.2 Å². The van der Waals surface area contributed by atoms with Gasteiger partial charge in [-0.05, 0) is 51.7 Å². The number of esters is 1. The van der Waals surface area contributed by atoms with E-state index in [2.05, 4.69) is 15.6 Å². The smallest absolute Gasteiger partial charge is 0.356 e. The molecule has 3 N–H and O–H groups in total. The number of hydrogen-bond acceptors (Lipinski definition) is 7. The van der Waals surface area contributed by atoms with Gasteiger partial charge in [0, 0.05) is 18.5 Å². The molecule has 9 nitrogen and oxygen atoms in total. The largest absolute Gasteiger partial charge is 0.464 e. The van der Waals surface area contributed by atoms with Gasteiger partial charge in [0.1, 0.15) is 11.8 Å². The lowest BCUT2D eigenvalue weighted by atomic mass is 10.0. The molecule has 36 heavy (non-hydrogen) atoms. The van der Waals surface area contributed by atoms with Gasteiger partial charge < -0.3 is 29.8 Å². The SMILES string of the molecule is COC(=O)c1c(NC(=O)C2CCCO2)c2cc(NC(C)C(C)(C)O)cnc2n1CCc1ccccc1. The first-order valence-corrected chi connectivity index (χ1v) is 12.2. The Bertz CT molecular complexity index is 1230. The molecule has 2 atom stereocenters. The van der Waals surface area contributed by atoms with Crippen molar-refractivity contribution in [2.45, 2.75) is 64.3 Å². The number of anilines is 2. The molecule has 0 saturated carbocycles. The number of fused-ring (bicyclic) bond motifs is 1. The molecule has 2 aromatic heterocycles. The fraction of sp³-hybridized carbons (Fsp3) is 0.444. The van der Waals surface area contributed by atoms with E-state index in [9.17, 15) is 14.7 Å². The zero-order valence-electron chi connectivity index (χ0n) is 21.2.